The molecular weight excluding hydrogens is 512 g/mol. The molecule has 0 aromatic heterocycles. The largest absolute Gasteiger partial charge is 0.627 e. The molecule has 2 aromatic carbocycles. The minimum Gasteiger partial charge on any atom is -0.627 e. The van der Waals surface area contributed by atoms with Crippen LogP contribution in [-0.4, -0.2) is 16.6 Å². The number of quaternary nitrogens is 1. The van der Waals surface area contributed by atoms with Gasteiger partial charge in [0.25, 0.3) is 0 Å². The number of fused-ring (bicyclic) bond motifs is 2. The number of piperidine rings is 1. The highest BCUT2D eigenvalue weighted by atomic mass is 16.5. The molecule has 6 rings (SSSR count). The predicted octanol–water partition coefficient (Wildman–Crippen LogP) is 9.58. The smallest absolute Gasteiger partial charge is 0.138 e. The summed E-state index contributed by atoms with van der Waals surface area (Å²) in [6.45, 7) is 17.5. The van der Waals surface area contributed by atoms with Crippen molar-refractivity contribution in [3.8, 4) is 0 Å². The lowest BCUT2D eigenvalue weighted by molar-refractivity contribution is -0.887. The van der Waals surface area contributed by atoms with E-state index >= 15 is 5.21 Å². The Morgan fingerprint density at radius 1 is 0.881 bits per heavy atom. The third kappa shape index (κ3) is 4.09. The highest BCUT2D eigenvalue weighted by Gasteiger charge is 2.58. The topological polar surface area (TPSA) is 26.3 Å². The van der Waals surface area contributed by atoms with E-state index in [1.165, 1.54) is 66.9 Å². The van der Waals surface area contributed by atoms with Crippen molar-refractivity contribution in [1.29, 1.82) is 0 Å². The normalized spacial score (nSPS) is 29.4. The summed E-state index contributed by atoms with van der Waals surface area (Å²) in [5, 5.41) is 15.6. The first-order valence-corrected chi connectivity index (χ1v) is 15.3. The van der Waals surface area contributed by atoms with Gasteiger partial charge in [-0.3, -0.25) is 0 Å². The van der Waals surface area contributed by atoms with Gasteiger partial charge < -0.3 is 14.8 Å². The molecule has 1 saturated heterocycles. The van der Waals surface area contributed by atoms with Crippen molar-refractivity contribution in [2.24, 2.45) is 0 Å². The molecule has 0 bridgehead atoms. The van der Waals surface area contributed by atoms with Crippen LogP contribution < -0.4 is 0 Å². The maximum atomic E-state index is 15.6. The Balaban J connectivity index is 1.65. The fourth-order valence-corrected chi connectivity index (χ4v) is 8.51. The van der Waals surface area contributed by atoms with Crippen molar-refractivity contribution in [2.75, 3.05) is 7.05 Å². The maximum absolute atomic E-state index is 15.6. The number of aryl methyl sites for hydroxylation is 6. The molecular formula is C39H44N2O. The summed E-state index contributed by atoms with van der Waals surface area (Å²) in [5.74, 6) is -0.117. The van der Waals surface area contributed by atoms with Gasteiger partial charge in [-0.1, -0.05) is 47.5 Å². The molecule has 0 saturated carbocycles. The first-order chi connectivity index (χ1) is 19.9. The Morgan fingerprint density at radius 2 is 1.50 bits per heavy atom. The fourth-order valence-electron chi connectivity index (χ4n) is 8.51. The molecule has 0 N–H and O–H groups in total. The van der Waals surface area contributed by atoms with Gasteiger partial charge in [0.15, 0.2) is 0 Å². The van der Waals surface area contributed by atoms with Crippen LogP contribution in [0.3, 0.4) is 0 Å². The van der Waals surface area contributed by atoms with Crippen LogP contribution in [0.2, 0.25) is 0 Å². The summed E-state index contributed by atoms with van der Waals surface area (Å²) in [5.41, 5.74) is 16.1. The van der Waals surface area contributed by atoms with Gasteiger partial charge >= 0.3 is 0 Å². The predicted molar refractivity (Wildman–Crippen MR) is 175 cm³/mol. The summed E-state index contributed by atoms with van der Waals surface area (Å²) in [7, 11) is 1.90. The van der Waals surface area contributed by atoms with E-state index in [-0.39, 0.29) is 5.92 Å². The molecule has 3 aliphatic heterocycles. The molecule has 1 aliphatic carbocycles. The van der Waals surface area contributed by atoms with Crippen LogP contribution in [0.25, 0.3) is 0 Å². The van der Waals surface area contributed by atoms with Crippen molar-refractivity contribution in [1.82, 2.24) is 4.90 Å². The first kappa shape index (κ1) is 28.5. The number of rotatable bonds is 2. The minimum atomic E-state index is -0.773. The van der Waals surface area contributed by atoms with Crippen molar-refractivity contribution < 1.29 is 4.65 Å². The summed E-state index contributed by atoms with van der Waals surface area (Å²) < 4.78 is -0.449. The molecule has 4 aliphatic rings. The van der Waals surface area contributed by atoms with Crippen molar-refractivity contribution in [3.05, 3.63) is 157 Å². The van der Waals surface area contributed by atoms with Crippen LogP contribution in [0.1, 0.15) is 77.1 Å². The number of allylic oxidation sites excluding steroid dienone is 9. The standard InChI is InChI=1S/C39H44N2O/c1-10-33-34-23-30(31-15-17-40-16-11-12-32(40)22-31)13-14-35(34)41(9,42)39(8,37-28(6)20-25(3)21-29(37)7)38(33)36-26(4)18-24(2)19-27(36)5/h10-11,14-23,38H,12-13H2,1-9H3. The Hall–Kier alpha value is -3.66. The van der Waals surface area contributed by atoms with Gasteiger partial charge in [-0.15, -0.1) is 0 Å². The van der Waals surface area contributed by atoms with E-state index in [2.05, 4.69) is 133 Å². The number of likely N-dealkylation sites (tertiary alicyclic amines) is 1. The number of hydrogen-bond acceptors (Lipinski definition) is 2. The van der Waals surface area contributed by atoms with Crippen molar-refractivity contribution >= 4 is 0 Å². The Bertz CT molecular complexity index is 1690. The van der Waals surface area contributed by atoms with Crippen molar-refractivity contribution in [2.45, 2.75) is 79.7 Å². The number of benzene rings is 2. The van der Waals surface area contributed by atoms with Gasteiger partial charge in [-0.05, 0) is 131 Å². The van der Waals surface area contributed by atoms with E-state index in [4.69, 9.17) is 0 Å². The Kier molecular flexibility index (Phi) is 6.75. The van der Waals surface area contributed by atoms with Gasteiger partial charge in [0.1, 0.15) is 11.2 Å². The first-order valence-electron chi connectivity index (χ1n) is 15.3. The van der Waals surface area contributed by atoms with Crippen LogP contribution in [-0.2, 0) is 5.54 Å². The van der Waals surface area contributed by atoms with E-state index in [1.54, 1.807) is 0 Å². The molecule has 3 atom stereocenters. The second kappa shape index (κ2) is 9.97. The molecule has 2 aromatic rings. The summed E-state index contributed by atoms with van der Waals surface area (Å²) >= 11 is 0. The molecule has 3 heteroatoms. The number of hydroxylamine groups is 3. The molecule has 1 fully saturated rings. The van der Waals surface area contributed by atoms with E-state index in [0.717, 1.165) is 24.1 Å². The number of likely N-dealkylation sites (N-methyl/N-ethyl adjacent to an activating group) is 1. The Labute approximate surface area is 252 Å². The van der Waals surface area contributed by atoms with Crippen LogP contribution >= 0.6 is 0 Å². The second-order valence-corrected chi connectivity index (χ2v) is 13.1. The lowest BCUT2D eigenvalue weighted by Crippen LogP contribution is -2.61. The third-order valence-corrected chi connectivity index (χ3v) is 10.2. The highest BCUT2D eigenvalue weighted by molar-refractivity contribution is 5.64. The van der Waals surface area contributed by atoms with E-state index in [9.17, 15) is 0 Å². The second-order valence-electron chi connectivity index (χ2n) is 13.1. The summed E-state index contributed by atoms with van der Waals surface area (Å²) in [4.78, 5) is 2.20. The summed E-state index contributed by atoms with van der Waals surface area (Å²) in [6, 6.07) is 9.08. The molecule has 0 amide bonds. The average molecular weight is 557 g/mol. The van der Waals surface area contributed by atoms with Gasteiger partial charge in [0.2, 0.25) is 0 Å². The zero-order valence-corrected chi connectivity index (χ0v) is 26.7. The monoisotopic (exact) mass is 556 g/mol. The zero-order valence-electron chi connectivity index (χ0n) is 26.7. The lowest BCUT2D eigenvalue weighted by Gasteiger charge is -2.62. The lowest BCUT2D eigenvalue weighted by atomic mass is 9.61. The molecule has 42 heavy (non-hydrogen) atoms. The van der Waals surface area contributed by atoms with Crippen LogP contribution in [0, 0.1) is 46.7 Å². The van der Waals surface area contributed by atoms with Gasteiger partial charge in [0, 0.05) is 35.7 Å². The molecule has 3 nitrogen and oxygen atoms in total. The van der Waals surface area contributed by atoms with E-state index in [0.29, 0.717) is 0 Å². The van der Waals surface area contributed by atoms with Crippen LogP contribution in [0.15, 0.2) is 107 Å². The highest BCUT2D eigenvalue weighted by Crippen LogP contribution is 2.61. The quantitative estimate of drug-likeness (QED) is 0.272. The fraction of sp³-hybridized carbons (Fsp3) is 0.333. The van der Waals surface area contributed by atoms with Gasteiger partial charge in [0.05, 0.1) is 13.0 Å². The molecule has 216 valence electrons. The van der Waals surface area contributed by atoms with Crippen LogP contribution in [0.5, 0.6) is 0 Å². The average Bonchev–Trinajstić information content (AvgIpc) is 3.38. The molecule has 3 unspecified atom stereocenters. The number of nitrogens with zero attached hydrogens (tertiary/aromatic N) is 2. The number of hydrogen-bond donors (Lipinski definition) is 0. The molecule has 0 spiro atoms. The van der Waals surface area contributed by atoms with Crippen molar-refractivity contribution in [3.63, 3.8) is 0 Å². The van der Waals surface area contributed by atoms with Gasteiger partial charge in [-0.25, -0.2) is 0 Å². The third-order valence-electron chi connectivity index (χ3n) is 10.2. The van der Waals surface area contributed by atoms with Gasteiger partial charge in [-0.2, -0.15) is 0 Å². The Morgan fingerprint density at radius 3 is 2.12 bits per heavy atom. The van der Waals surface area contributed by atoms with E-state index < -0.39 is 10.2 Å². The van der Waals surface area contributed by atoms with E-state index in [1.807, 2.05) is 7.05 Å². The molecule has 3 heterocycles. The molecule has 0 radical (unpaired) electrons. The maximum Gasteiger partial charge on any atom is 0.138 e. The SMILES string of the molecule is CC=C1C2=CC(=C3C=CN4C=CCC4=C3)CC=C2[N+](C)([O-])C(C)(c2c(C)cc(C)cc2C)C1c1c(C)cc(C)cc1C. The zero-order chi connectivity index (χ0) is 30.1. The minimum absolute atomic E-state index is 0.117. The summed E-state index contributed by atoms with van der Waals surface area (Å²) in [6.07, 6.45) is 19.5. The van der Waals surface area contributed by atoms with Crippen LogP contribution in [0.4, 0.5) is 0 Å².